The van der Waals surface area contributed by atoms with Crippen LogP contribution in [0.4, 0.5) is 0 Å². The first kappa shape index (κ1) is 27.2. The molecular formula is C32H53IO. The van der Waals surface area contributed by atoms with Gasteiger partial charge in [0.15, 0.2) is 0 Å². The van der Waals surface area contributed by atoms with Crippen molar-refractivity contribution in [3.63, 3.8) is 0 Å². The second kappa shape index (κ2) is 9.80. The molecule has 194 valence electrons. The molecule has 1 nitrogen and oxygen atoms in total. The monoisotopic (exact) mass is 580 g/mol. The van der Waals surface area contributed by atoms with Gasteiger partial charge in [0.1, 0.15) is 0 Å². The molecule has 0 aromatic rings. The predicted molar refractivity (Wildman–Crippen MR) is 155 cm³/mol. The van der Waals surface area contributed by atoms with Crippen molar-refractivity contribution < 1.29 is 4.74 Å². The Balaban J connectivity index is 1.61. The van der Waals surface area contributed by atoms with Crippen molar-refractivity contribution in [2.24, 2.45) is 39.4 Å². The first-order valence-electron chi connectivity index (χ1n) is 14.5. The van der Waals surface area contributed by atoms with Gasteiger partial charge >= 0.3 is 0 Å². The summed E-state index contributed by atoms with van der Waals surface area (Å²) in [6, 6.07) is 0. The molecule has 2 saturated carbocycles. The molecule has 0 heterocycles. The maximum atomic E-state index is 6.44. The number of halogens is 1. The highest BCUT2D eigenvalue weighted by Gasteiger charge is 2.63. The number of alkyl halides is 1. The topological polar surface area (TPSA) is 9.23 Å². The van der Waals surface area contributed by atoms with Crippen LogP contribution in [0.25, 0.3) is 0 Å². The highest BCUT2D eigenvalue weighted by atomic mass is 127. The van der Waals surface area contributed by atoms with E-state index in [2.05, 4.69) is 84.1 Å². The molecule has 0 saturated heterocycles. The van der Waals surface area contributed by atoms with E-state index >= 15 is 0 Å². The van der Waals surface area contributed by atoms with Crippen LogP contribution in [0.1, 0.15) is 120 Å². The second-order valence-electron chi connectivity index (χ2n) is 14.1. The maximum Gasteiger partial charge on any atom is 0.0629 e. The van der Waals surface area contributed by atoms with Crippen LogP contribution in [-0.4, -0.2) is 17.1 Å². The smallest absolute Gasteiger partial charge is 0.0629 e. The summed E-state index contributed by atoms with van der Waals surface area (Å²) in [4.78, 5) is 0. The molecule has 0 aliphatic heterocycles. The Bertz CT molecular complexity index is 819. The Morgan fingerprint density at radius 2 is 1.74 bits per heavy atom. The van der Waals surface area contributed by atoms with Gasteiger partial charge in [0.05, 0.1) is 12.7 Å². The van der Waals surface area contributed by atoms with Gasteiger partial charge in [-0.25, -0.2) is 0 Å². The summed E-state index contributed by atoms with van der Waals surface area (Å²) < 4.78 is 7.55. The van der Waals surface area contributed by atoms with Crippen molar-refractivity contribution >= 4 is 22.6 Å². The number of fused-ring (bicyclic) bond motifs is 4. The zero-order chi connectivity index (χ0) is 24.9. The lowest BCUT2D eigenvalue weighted by atomic mass is 9.43. The molecule has 0 spiro atoms. The predicted octanol–water partition coefficient (Wildman–Crippen LogP) is 9.94. The SMILES string of the molecule is CC(C)=CCC[C@@H](C)[C@H]1CC[C@@]2(C)C3=C(CC[C@]12C)[C@@]1(C)CC[C@H](OCCI)C(C)(C)[C@@H]1CC3. The van der Waals surface area contributed by atoms with E-state index in [-0.39, 0.29) is 5.41 Å². The molecule has 0 amide bonds. The van der Waals surface area contributed by atoms with Crippen LogP contribution < -0.4 is 0 Å². The molecule has 2 heteroatoms. The molecule has 0 radical (unpaired) electrons. The molecule has 4 aliphatic carbocycles. The average molecular weight is 581 g/mol. The van der Waals surface area contributed by atoms with Gasteiger partial charge in [-0.15, -0.1) is 0 Å². The number of ether oxygens (including phenoxy) is 1. The van der Waals surface area contributed by atoms with Crippen LogP contribution >= 0.6 is 22.6 Å². The van der Waals surface area contributed by atoms with Gasteiger partial charge in [0.25, 0.3) is 0 Å². The third-order valence-corrected chi connectivity index (χ3v) is 12.5. The molecule has 4 aliphatic rings. The number of hydrogen-bond donors (Lipinski definition) is 0. The van der Waals surface area contributed by atoms with E-state index < -0.39 is 0 Å². The van der Waals surface area contributed by atoms with Crippen molar-refractivity contribution in [3.8, 4) is 0 Å². The summed E-state index contributed by atoms with van der Waals surface area (Å²) in [6.07, 6.45) is 16.5. The Morgan fingerprint density at radius 1 is 1.00 bits per heavy atom. The summed E-state index contributed by atoms with van der Waals surface area (Å²) in [7, 11) is 0. The van der Waals surface area contributed by atoms with Crippen molar-refractivity contribution in [1.82, 2.24) is 0 Å². The van der Waals surface area contributed by atoms with E-state index in [1.165, 1.54) is 69.8 Å². The molecule has 0 N–H and O–H groups in total. The Labute approximate surface area is 225 Å². The minimum Gasteiger partial charge on any atom is -0.377 e. The summed E-state index contributed by atoms with van der Waals surface area (Å²) in [5, 5.41) is 0. The summed E-state index contributed by atoms with van der Waals surface area (Å²) in [6.45, 7) is 21.1. The Morgan fingerprint density at radius 3 is 2.41 bits per heavy atom. The second-order valence-corrected chi connectivity index (χ2v) is 15.2. The molecule has 4 rings (SSSR count). The first-order valence-corrected chi connectivity index (χ1v) is 16.0. The standard InChI is InChI=1S/C32H53IO/c1-22(2)10-9-11-23(3)24-14-18-32(8)26-12-13-27-29(4,5)28(34-21-20-33)16-17-30(27,6)25(26)15-19-31(24,32)7/h10,23-24,27-28H,9,11-21H2,1-8H3/t23-,24-,27+,28+,30-,31-,32+/m1/s1. The summed E-state index contributed by atoms with van der Waals surface area (Å²) in [5.41, 5.74) is 6.89. The fourth-order valence-corrected chi connectivity index (χ4v) is 10.2. The van der Waals surface area contributed by atoms with Gasteiger partial charge in [-0.2, -0.15) is 0 Å². The van der Waals surface area contributed by atoms with Crippen LogP contribution in [0.15, 0.2) is 22.8 Å². The summed E-state index contributed by atoms with van der Waals surface area (Å²) >= 11 is 2.46. The molecule has 7 atom stereocenters. The molecule has 2 fully saturated rings. The number of rotatable bonds is 7. The summed E-state index contributed by atoms with van der Waals surface area (Å²) in [5.74, 6) is 2.48. The normalized spacial score (nSPS) is 42.0. The highest BCUT2D eigenvalue weighted by Crippen LogP contribution is 2.72. The first-order chi connectivity index (χ1) is 15.9. The van der Waals surface area contributed by atoms with Gasteiger partial charge in [-0.3, -0.25) is 0 Å². The molecule has 0 unspecified atom stereocenters. The van der Waals surface area contributed by atoms with E-state index in [0.29, 0.717) is 22.3 Å². The molecule has 0 aromatic heterocycles. The van der Waals surface area contributed by atoms with Gasteiger partial charge < -0.3 is 4.74 Å². The largest absolute Gasteiger partial charge is 0.377 e. The number of allylic oxidation sites excluding steroid dienone is 4. The molecular weight excluding hydrogens is 527 g/mol. The minimum absolute atomic E-state index is 0.274. The van der Waals surface area contributed by atoms with E-state index in [1.807, 2.05) is 11.1 Å². The van der Waals surface area contributed by atoms with Crippen LogP contribution in [0.5, 0.6) is 0 Å². The molecule has 0 aromatic carbocycles. The fourth-order valence-electron chi connectivity index (χ4n) is 9.94. The van der Waals surface area contributed by atoms with Crippen molar-refractivity contribution in [1.29, 1.82) is 0 Å². The van der Waals surface area contributed by atoms with Crippen molar-refractivity contribution in [3.05, 3.63) is 22.8 Å². The third kappa shape index (κ3) is 4.21. The van der Waals surface area contributed by atoms with Crippen molar-refractivity contribution in [2.45, 2.75) is 126 Å². The van der Waals surface area contributed by atoms with Gasteiger partial charge in [-0.1, -0.05) is 86.9 Å². The van der Waals surface area contributed by atoms with Crippen LogP contribution in [0.2, 0.25) is 0 Å². The van der Waals surface area contributed by atoms with E-state index in [4.69, 9.17) is 4.74 Å². The lowest BCUT2D eigenvalue weighted by molar-refractivity contribution is -0.122. The van der Waals surface area contributed by atoms with E-state index in [9.17, 15) is 0 Å². The highest BCUT2D eigenvalue weighted by molar-refractivity contribution is 14.1. The molecule has 34 heavy (non-hydrogen) atoms. The average Bonchev–Trinajstić information content (AvgIpc) is 3.04. The zero-order valence-electron chi connectivity index (χ0n) is 23.7. The van der Waals surface area contributed by atoms with Crippen LogP contribution in [-0.2, 0) is 4.74 Å². The Kier molecular flexibility index (Phi) is 7.85. The quantitative estimate of drug-likeness (QED) is 0.165. The Hall–Kier alpha value is 0.170. The third-order valence-electron chi connectivity index (χ3n) is 12.0. The van der Waals surface area contributed by atoms with E-state index in [1.54, 1.807) is 0 Å². The zero-order valence-corrected chi connectivity index (χ0v) is 25.8. The van der Waals surface area contributed by atoms with E-state index in [0.717, 1.165) is 28.8 Å². The van der Waals surface area contributed by atoms with Crippen LogP contribution in [0, 0.1) is 39.4 Å². The molecule has 0 bridgehead atoms. The van der Waals surface area contributed by atoms with Gasteiger partial charge in [0.2, 0.25) is 0 Å². The lowest BCUT2D eigenvalue weighted by Crippen LogP contribution is -2.55. The van der Waals surface area contributed by atoms with Crippen LogP contribution in [0.3, 0.4) is 0 Å². The van der Waals surface area contributed by atoms with Gasteiger partial charge in [-0.05, 0) is 117 Å². The lowest BCUT2D eigenvalue weighted by Gasteiger charge is -2.62. The fraction of sp³-hybridized carbons (Fsp3) is 0.875. The van der Waals surface area contributed by atoms with Crippen molar-refractivity contribution in [2.75, 3.05) is 11.0 Å². The maximum absolute atomic E-state index is 6.44. The van der Waals surface area contributed by atoms with Gasteiger partial charge in [0, 0.05) is 4.43 Å². The minimum atomic E-state index is 0.274. The number of hydrogen-bond acceptors (Lipinski definition) is 1.